The monoisotopic (exact) mass is 638 g/mol. The third-order valence-corrected chi connectivity index (χ3v) is 9.45. The van der Waals surface area contributed by atoms with Crippen molar-refractivity contribution in [3.05, 3.63) is 84.2 Å². The maximum atomic E-state index is 14.3. The molecule has 0 unspecified atom stereocenters. The van der Waals surface area contributed by atoms with Crippen molar-refractivity contribution in [3.8, 4) is 5.75 Å². The molecular formula is C34H46N4O6S. The molecule has 1 amide bonds. The van der Waals surface area contributed by atoms with Gasteiger partial charge in [-0.1, -0.05) is 25.1 Å². The number of carbonyl (C=O) groups excluding carboxylic acids is 1. The Hall–Kier alpha value is -3.51. The van der Waals surface area contributed by atoms with Gasteiger partial charge < -0.3 is 19.5 Å². The van der Waals surface area contributed by atoms with Crippen LogP contribution < -0.4 is 9.46 Å². The Bertz CT molecular complexity index is 1470. The molecule has 3 aromatic rings. The minimum Gasteiger partial charge on any atom is -0.490 e. The number of anilines is 1. The topological polar surface area (TPSA) is 121 Å². The Morgan fingerprint density at radius 2 is 1.82 bits per heavy atom. The predicted molar refractivity (Wildman–Crippen MR) is 175 cm³/mol. The first-order valence-electron chi connectivity index (χ1n) is 15.6. The molecule has 0 radical (unpaired) electrons. The van der Waals surface area contributed by atoms with E-state index in [0.717, 1.165) is 31.4 Å². The second-order valence-corrected chi connectivity index (χ2v) is 13.7. The molecule has 0 aliphatic carbocycles. The summed E-state index contributed by atoms with van der Waals surface area (Å²) in [6.45, 7) is 7.88. The van der Waals surface area contributed by atoms with Crippen LogP contribution in [0.15, 0.2) is 78.0 Å². The number of ether oxygens (including phenoxy) is 2. The van der Waals surface area contributed by atoms with Crippen LogP contribution in [0.3, 0.4) is 0 Å². The highest BCUT2D eigenvalue weighted by Gasteiger charge is 2.30. The molecule has 2 N–H and O–H groups in total. The SMILES string of the molecule is C[C@@H]1CCCCO[C@@H](CN(C)Cc2ccncc2)[C@@H](C)CN([C@@H](C)CO)C(=O)c2cc(NS(=O)(=O)c3ccccc3)ccc2O1. The van der Waals surface area contributed by atoms with Crippen molar-refractivity contribution < 1.29 is 27.8 Å². The largest absolute Gasteiger partial charge is 0.490 e. The van der Waals surface area contributed by atoms with E-state index in [1.54, 1.807) is 54.5 Å². The molecule has 1 aliphatic heterocycles. The number of benzene rings is 2. The van der Waals surface area contributed by atoms with E-state index in [1.165, 1.54) is 18.2 Å². The number of hydrogen-bond donors (Lipinski definition) is 2. The molecule has 0 saturated heterocycles. The summed E-state index contributed by atoms with van der Waals surface area (Å²) in [7, 11) is -1.83. The van der Waals surface area contributed by atoms with Crippen LogP contribution in [0.2, 0.25) is 0 Å². The standard InChI is InChI=1S/C34H46N4O6S/c1-25-21-38(26(2)24-39)34(40)31-20-29(36-45(41,42)30-11-6-5-7-12-30)13-14-32(31)44-27(3)10-8-9-19-43-33(25)23-37(4)22-28-15-17-35-18-16-28/h5-7,11-18,20,25-27,33,36,39H,8-10,19,21-24H2,1-4H3/t25-,26-,27+,33-/m0/s1. The van der Waals surface area contributed by atoms with E-state index in [-0.39, 0.29) is 46.8 Å². The fraction of sp³-hybridized carbons (Fsp3) is 0.471. The average Bonchev–Trinajstić information content (AvgIpc) is 3.03. The van der Waals surface area contributed by atoms with Crippen molar-refractivity contribution in [1.82, 2.24) is 14.8 Å². The number of aromatic nitrogens is 1. The number of hydrogen-bond acceptors (Lipinski definition) is 8. The lowest BCUT2D eigenvalue weighted by Crippen LogP contribution is -2.47. The van der Waals surface area contributed by atoms with Crippen molar-refractivity contribution >= 4 is 21.6 Å². The zero-order valence-corrected chi connectivity index (χ0v) is 27.4. The molecule has 2 heterocycles. The zero-order chi connectivity index (χ0) is 32.4. The van der Waals surface area contributed by atoms with E-state index in [1.807, 2.05) is 26.1 Å². The zero-order valence-electron chi connectivity index (χ0n) is 26.6. The van der Waals surface area contributed by atoms with E-state index < -0.39 is 16.1 Å². The number of fused-ring (bicyclic) bond motifs is 1. The van der Waals surface area contributed by atoms with Gasteiger partial charge in [-0.05, 0) is 88.2 Å². The summed E-state index contributed by atoms with van der Waals surface area (Å²) in [4.78, 5) is 22.4. The number of amides is 1. The third-order valence-electron chi connectivity index (χ3n) is 8.05. The summed E-state index contributed by atoms with van der Waals surface area (Å²) in [6.07, 6.45) is 5.73. The van der Waals surface area contributed by atoms with E-state index in [4.69, 9.17) is 9.47 Å². The Kier molecular flexibility index (Phi) is 12.3. The van der Waals surface area contributed by atoms with Crippen LogP contribution in [0, 0.1) is 5.92 Å². The molecule has 4 rings (SSSR count). The number of carbonyl (C=O) groups is 1. The molecule has 0 spiro atoms. The van der Waals surface area contributed by atoms with Gasteiger partial charge in [0.15, 0.2) is 0 Å². The maximum Gasteiger partial charge on any atom is 0.261 e. The highest BCUT2D eigenvalue weighted by molar-refractivity contribution is 7.92. The molecule has 0 saturated carbocycles. The van der Waals surface area contributed by atoms with E-state index >= 15 is 0 Å². The number of nitrogens with zero attached hydrogens (tertiary/aromatic N) is 3. The molecule has 45 heavy (non-hydrogen) atoms. The Labute approximate surface area is 267 Å². The van der Waals surface area contributed by atoms with Crippen LogP contribution in [-0.2, 0) is 21.3 Å². The normalized spacial score (nSPS) is 21.0. The molecule has 0 bridgehead atoms. The predicted octanol–water partition coefficient (Wildman–Crippen LogP) is 4.81. The van der Waals surface area contributed by atoms with Gasteiger partial charge in [0.05, 0.1) is 35.3 Å². The van der Waals surface area contributed by atoms with Crippen molar-refractivity contribution in [2.24, 2.45) is 5.92 Å². The van der Waals surface area contributed by atoms with Gasteiger partial charge in [-0.2, -0.15) is 0 Å². The second-order valence-electron chi connectivity index (χ2n) is 12.0. The van der Waals surface area contributed by atoms with Gasteiger partial charge in [0.25, 0.3) is 15.9 Å². The molecule has 244 valence electrons. The first-order valence-corrected chi connectivity index (χ1v) is 17.0. The highest BCUT2D eigenvalue weighted by Crippen LogP contribution is 2.29. The Balaban J connectivity index is 1.64. The number of likely N-dealkylation sites (N-methyl/N-ethyl adjacent to an activating group) is 1. The van der Waals surface area contributed by atoms with E-state index in [9.17, 15) is 18.3 Å². The molecule has 1 aliphatic rings. The smallest absolute Gasteiger partial charge is 0.261 e. The van der Waals surface area contributed by atoms with Gasteiger partial charge in [-0.25, -0.2) is 8.42 Å². The number of pyridine rings is 1. The number of aliphatic hydroxyl groups is 1. The lowest BCUT2D eigenvalue weighted by Gasteiger charge is -2.36. The molecular weight excluding hydrogens is 592 g/mol. The van der Waals surface area contributed by atoms with Crippen molar-refractivity contribution in [3.63, 3.8) is 0 Å². The first kappa shape index (κ1) is 34.4. The fourth-order valence-corrected chi connectivity index (χ4v) is 6.50. The van der Waals surface area contributed by atoms with Gasteiger partial charge in [0.1, 0.15) is 5.75 Å². The van der Waals surface area contributed by atoms with Crippen LogP contribution in [0.4, 0.5) is 5.69 Å². The highest BCUT2D eigenvalue weighted by atomic mass is 32.2. The minimum atomic E-state index is -3.88. The fourth-order valence-electron chi connectivity index (χ4n) is 5.43. The lowest BCUT2D eigenvalue weighted by molar-refractivity contribution is -0.0177. The number of rotatable bonds is 9. The maximum absolute atomic E-state index is 14.3. The summed E-state index contributed by atoms with van der Waals surface area (Å²) in [5, 5.41) is 10.2. The van der Waals surface area contributed by atoms with Crippen LogP contribution in [0.5, 0.6) is 5.75 Å². The number of aliphatic hydroxyl groups excluding tert-OH is 1. The van der Waals surface area contributed by atoms with Gasteiger partial charge in [0, 0.05) is 50.2 Å². The number of sulfonamides is 1. The van der Waals surface area contributed by atoms with Crippen molar-refractivity contribution in [2.45, 2.75) is 69.7 Å². The molecule has 2 aromatic carbocycles. The van der Waals surface area contributed by atoms with Crippen LogP contribution >= 0.6 is 0 Å². The third kappa shape index (κ3) is 9.74. The molecule has 0 fully saturated rings. The average molecular weight is 639 g/mol. The van der Waals surface area contributed by atoms with Crippen molar-refractivity contribution in [1.29, 1.82) is 0 Å². The van der Waals surface area contributed by atoms with Gasteiger partial charge in [-0.3, -0.25) is 19.4 Å². The molecule has 11 heteroatoms. The van der Waals surface area contributed by atoms with Crippen molar-refractivity contribution in [2.75, 3.05) is 38.1 Å². The van der Waals surface area contributed by atoms with E-state index in [0.29, 0.717) is 25.4 Å². The van der Waals surface area contributed by atoms with E-state index in [2.05, 4.69) is 21.5 Å². The summed E-state index contributed by atoms with van der Waals surface area (Å²) >= 11 is 0. The molecule has 1 aromatic heterocycles. The Morgan fingerprint density at radius 3 is 2.53 bits per heavy atom. The lowest BCUT2D eigenvalue weighted by atomic mass is 10.0. The quantitative estimate of drug-likeness (QED) is 0.343. The van der Waals surface area contributed by atoms with Gasteiger partial charge in [-0.15, -0.1) is 0 Å². The summed E-state index contributed by atoms with van der Waals surface area (Å²) in [5.41, 5.74) is 1.62. The first-order chi connectivity index (χ1) is 21.6. The molecule has 4 atom stereocenters. The Morgan fingerprint density at radius 1 is 1.09 bits per heavy atom. The summed E-state index contributed by atoms with van der Waals surface area (Å²) in [5.74, 6) is -0.0546. The minimum absolute atomic E-state index is 0.0751. The summed E-state index contributed by atoms with van der Waals surface area (Å²) < 4.78 is 41.5. The summed E-state index contributed by atoms with van der Waals surface area (Å²) in [6, 6.07) is 16.3. The van der Waals surface area contributed by atoms with Crippen LogP contribution in [0.25, 0.3) is 0 Å². The number of nitrogens with one attached hydrogen (secondary N) is 1. The van der Waals surface area contributed by atoms with Gasteiger partial charge in [0.2, 0.25) is 0 Å². The van der Waals surface area contributed by atoms with Crippen LogP contribution in [0.1, 0.15) is 56.0 Å². The molecule has 10 nitrogen and oxygen atoms in total. The van der Waals surface area contributed by atoms with Crippen LogP contribution in [-0.4, -0.2) is 85.8 Å². The second kappa shape index (κ2) is 16.2. The van der Waals surface area contributed by atoms with Gasteiger partial charge >= 0.3 is 0 Å².